The average Bonchev–Trinajstić information content (AvgIpc) is 3.04. The lowest BCUT2D eigenvalue weighted by Crippen LogP contribution is -2.67. The molecule has 1 saturated carbocycles. The van der Waals surface area contributed by atoms with Crippen LogP contribution in [-0.4, -0.2) is 77.1 Å². The van der Waals surface area contributed by atoms with E-state index in [1.807, 2.05) is 48.5 Å². The normalized spacial score (nSPS) is 17.7. The largest absolute Gasteiger partial charge is 0.469 e. The number of piperidine rings is 1. The van der Waals surface area contributed by atoms with Crippen molar-refractivity contribution in [1.29, 1.82) is 0 Å². The van der Waals surface area contributed by atoms with Crippen LogP contribution < -0.4 is 10.6 Å². The number of carbonyl (C=O) groups excluding carboxylic acids is 4. The third-order valence-corrected chi connectivity index (χ3v) is 8.85. The summed E-state index contributed by atoms with van der Waals surface area (Å²) in [4.78, 5) is 58.7. The molecule has 2 aromatic rings. The van der Waals surface area contributed by atoms with E-state index in [-0.39, 0.29) is 18.5 Å². The summed E-state index contributed by atoms with van der Waals surface area (Å²) in [6.07, 6.45) is 4.62. The predicted octanol–water partition coefficient (Wildman–Crippen LogP) is 4.96. The molecule has 250 valence electrons. The van der Waals surface area contributed by atoms with Crippen LogP contribution in [0.2, 0.25) is 0 Å². The highest BCUT2D eigenvalue weighted by Gasteiger charge is 2.50. The smallest absolute Gasteiger partial charge is 0.408 e. The molecule has 1 heterocycles. The number of alkyl carbamates (subject to hydrolysis) is 1. The second-order valence-electron chi connectivity index (χ2n) is 13.5. The van der Waals surface area contributed by atoms with E-state index in [4.69, 9.17) is 9.47 Å². The van der Waals surface area contributed by atoms with Gasteiger partial charge < -0.3 is 25.0 Å². The molecule has 4 rings (SSSR count). The lowest BCUT2D eigenvalue weighted by atomic mass is 9.82. The molecule has 0 spiro atoms. The van der Waals surface area contributed by atoms with Gasteiger partial charge in [-0.3, -0.25) is 19.3 Å². The summed E-state index contributed by atoms with van der Waals surface area (Å²) in [5.74, 6) is -1.37. The Labute approximate surface area is 273 Å². The van der Waals surface area contributed by atoms with Crippen molar-refractivity contribution >= 4 is 23.9 Å². The van der Waals surface area contributed by atoms with Gasteiger partial charge in [-0.1, -0.05) is 79.9 Å². The van der Waals surface area contributed by atoms with E-state index in [0.717, 1.165) is 44.2 Å². The minimum absolute atomic E-state index is 0.0416. The van der Waals surface area contributed by atoms with Gasteiger partial charge in [0.25, 0.3) is 0 Å². The average molecular weight is 635 g/mol. The van der Waals surface area contributed by atoms with Crippen molar-refractivity contribution in [3.63, 3.8) is 0 Å². The van der Waals surface area contributed by atoms with Crippen LogP contribution in [0.5, 0.6) is 0 Å². The summed E-state index contributed by atoms with van der Waals surface area (Å²) in [5, 5.41) is 5.95. The summed E-state index contributed by atoms with van der Waals surface area (Å²) < 4.78 is 10.4. The highest BCUT2D eigenvalue weighted by Crippen LogP contribution is 2.34. The van der Waals surface area contributed by atoms with E-state index < -0.39 is 41.6 Å². The number of likely N-dealkylation sites (tertiary alicyclic amines) is 1. The van der Waals surface area contributed by atoms with Crippen LogP contribution in [-0.2, 0) is 36.9 Å². The number of hydrogen-bond acceptors (Lipinski definition) is 7. The Kier molecular flexibility index (Phi) is 12.2. The molecular formula is C36H50N4O6. The van der Waals surface area contributed by atoms with Crippen LogP contribution in [0.3, 0.4) is 0 Å². The van der Waals surface area contributed by atoms with Crippen molar-refractivity contribution in [2.75, 3.05) is 20.2 Å². The number of amides is 3. The van der Waals surface area contributed by atoms with Crippen LogP contribution in [0.15, 0.2) is 60.7 Å². The fourth-order valence-corrected chi connectivity index (χ4v) is 6.40. The number of rotatable bonds is 11. The number of carbonyl (C=O) groups is 4. The lowest BCUT2D eigenvalue weighted by molar-refractivity contribution is -0.156. The second kappa shape index (κ2) is 16.1. The SMILES string of the molecule is COC(=O)C[C@H](NC(=O)OC(C)(C)C)C(=O)N(Cc1ccccc1)C1(C(=O)NC2CCCCC2)CCN(Cc2ccccc2)CC1. The van der Waals surface area contributed by atoms with Crippen molar-refractivity contribution in [3.8, 4) is 0 Å². The number of benzene rings is 2. The molecule has 2 aliphatic rings. The van der Waals surface area contributed by atoms with Crippen LogP contribution in [0.1, 0.15) is 83.3 Å². The third kappa shape index (κ3) is 9.79. The molecule has 0 bridgehead atoms. The number of ether oxygens (including phenoxy) is 2. The van der Waals surface area contributed by atoms with Gasteiger partial charge in [0.05, 0.1) is 13.5 Å². The third-order valence-electron chi connectivity index (χ3n) is 8.85. The van der Waals surface area contributed by atoms with Gasteiger partial charge in [-0.2, -0.15) is 0 Å². The number of hydrogen-bond donors (Lipinski definition) is 2. The highest BCUT2D eigenvalue weighted by atomic mass is 16.6. The molecule has 0 aromatic heterocycles. The molecule has 1 atom stereocenters. The molecule has 2 fully saturated rings. The molecular weight excluding hydrogens is 584 g/mol. The standard InChI is InChI=1S/C36H50N4O6/c1-35(2,3)46-34(44)38-30(24-31(41)45-4)32(42)40(26-28-16-10-6-11-17-28)36(33(43)37-29-18-12-7-13-19-29)20-22-39(23-21-36)25-27-14-8-5-9-15-27/h5-6,8-11,14-17,29-30H,7,12-13,18-26H2,1-4H3,(H,37,43)(H,38,44)/t30-/m0/s1. The van der Waals surface area contributed by atoms with Gasteiger partial charge in [0, 0.05) is 32.2 Å². The summed E-state index contributed by atoms with van der Waals surface area (Å²) in [6, 6.07) is 18.4. The summed E-state index contributed by atoms with van der Waals surface area (Å²) in [6.45, 7) is 7.21. The first-order chi connectivity index (χ1) is 22.0. The van der Waals surface area contributed by atoms with Gasteiger partial charge in [0.2, 0.25) is 11.8 Å². The van der Waals surface area contributed by atoms with Gasteiger partial charge in [0.1, 0.15) is 17.2 Å². The lowest BCUT2D eigenvalue weighted by Gasteiger charge is -2.49. The maximum Gasteiger partial charge on any atom is 0.408 e. The van der Waals surface area contributed by atoms with E-state index in [9.17, 15) is 19.2 Å². The van der Waals surface area contributed by atoms with E-state index in [1.54, 1.807) is 25.7 Å². The van der Waals surface area contributed by atoms with E-state index in [2.05, 4.69) is 27.7 Å². The predicted molar refractivity (Wildman–Crippen MR) is 175 cm³/mol. The molecule has 2 aromatic carbocycles. The molecule has 1 aliphatic carbocycles. The first-order valence-electron chi connectivity index (χ1n) is 16.5. The van der Waals surface area contributed by atoms with Gasteiger partial charge in [-0.25, -0.2) is 4.79 Å². The van der Waals surface area contributed by atoms with E-state index in [1.165, 1.54) is 12.7 Å². The molecule has 2 N–H and O–H groups in total. The Bertz CT molecular complexity index is 1300. The number of nitrogens with one attached hydrogen (secondary N) is 2. The van der Waals surface area contributed by atoms with Crippen molar-refractivity contribution in [2.45, 2.75) is 108 Å². The fraction of sp³-hybridized carbons (Fsp3) is 0.556. The maximum absolute atomic E-state index is 14.7. The van der Waals surface area contributed by atoms with Gasteiger partial charge in [-0.15, -0.1) is 0 Å². The minimum Gasteiger partial charge on any atom is -0.469 e. The summed E-state index contributed by atoms with van der Waals surface area (Å²) >= 11 is 0. The Morgan fingerprint density at radius 2 is 1.50 bits per heavy atom. The van der Waals surface area contributed by atoms with Crippen molar-refractivity contribution < 1.29 is 28.7 Å². The monoisotopic (exact) mass is 634 g/mol. The van der Waals surface area contributed by atoms with Gasteiger partial charge >= 0.3 is 12.1 Å². The molecule has 0 radical (unpaired) electrons. The molecule has 1 aliphatic heterocycles. The zero-order chi connectivity index (χ0) is 33.2. The number of nitrogens with zero attached hydrogens (tertiary/aromatic N) is 2. The second-order valence-corrected chi connectivity index (χ2v) is 13.5. The molecule has 10 nitrogen and oxygen atoms in total. The topological polar surface area (TPSA) is 117 Å². The molecule has 0 unspecified atom stereocenters. The van der Waals surface area contributed by atoms with Crippen molar-refractivity contribution in [1.82, 2.24) is 20.4 Å². The Morgan fingerprint density at radius 1 is 0.913 bits per heavy atom. The molecule has 46 heavy (non-hydrogen) atoms. The van der Waals surface area contributed by atoms with Crippen LogP contribution in [0, 0.1) is 0 Å². The summed E-state index contributed by atoms with van der Waals surface area (Å²) in [5.41, 5.74) is -0.0129. The first-order valence-corrected chi connectivity index (χ1v) is 16.5. The molecule has 1 saturated heterocycles. The van der Waals surface area contributed by atoms with Gasteiger partial charge in [0.15, 0.2) is 0 Å². The Hall–Kier alpha value is -3.92. The fourth-order valence-electron chi connectivity index (χ4n) is 6.40. The Morgan fingerprint density at radius 3 is 2.07 bits per heavy atom. The molecule has 10 heteroatoms. The van der Waals surface area contributed by atoms with Crippen LogP contribution in [0.25, 0.3) is 0 Å². The van der Waals surface area contributed by atoms with Crippen molar-refractivity contribution in [3.05, 3.63) is 71.8 Å². The Balaban J connectivity index is 1.70. The number of methoxy groups -OCH3 is 1. The van der Waals surface area contributed by atoms with Crippen LogP contribution >= 0.6 is 0 Å². The summed E-state index contributed by atoms with van der Waals surface area (Å²) in [7, 11) is 1.24. The minimum atomic E-state index is -1.30. The zero-order valence-corrected chi connectivity index (χ0v) is 27.8. The molecule has 3 amide bonds. The van der Waals surface area contributed by atoms with Crippen molar-refractivity contribution in [2.24, 2.45) is 0 Å². The highest BCUT2D eigenvalue weighted by molar-refractivity contribution is 5.96. The first kappa shape index (κ1) is 34.9. The maximum atomic E-state index is 14.7. The quantitative estimate of drug-likeness (QED) is 0.336. The zero-order valence-electron chi connectivity index (χ0n) is 27.8. The van der Waals surface area contributed by atoms with Gasteiger partial charge in [-0.05, 0) is 57.6 Å². The van der Waals surface area contributed by atoms with E-state index >= 15 is 0 Å². The van der Waals surface area contributed by atoms with E-state index in [0.29, 0.717) is 25.9 Å². The van der Waals surface area contributed by atoms with Crippen LogP contribution in [0.4, 0.5) is 4.79 Å². The number of esters is 1.